The predicted octanol–water partition coefficient (Wildman–Crippen LogP) is 2.76. The summed E-state index contributed by atoms with van der Waals surface area (Å²) in [5.74, 6) is -1.35. The number of hydrogen-bond donors (Lipinski definition) is 1. The van der Waals surface area contributed by atoms with Crippen LogP contribution in [0.15, 0.2) is 24.3 Å². The van der Waals surface area contributed by atoms with Crippen LogP contribution >= 0.6 is 27.5 Å². The van der Waals surface area contributed by atoms with E-state index in [-0.39, 0.29) is 47.0 Å². The molecule has 1 aromatic rings. The second kappa shape index (κ2) is 9.39. The Morgan fingerprint density at radius 1 is 1.06 bits per heavy atom. The van der Waals surface area contributed by atoms with Gasteiger partial charge in [-0.25, -0.2) is 9.69 Å². The normalized spacial score (nSPS) is 26.8. The Kier molecular flexibility index (Phi) is 6.76. The number of hydrogen-bond acceptors (Lipinski definition) is 4. The minimum atomic E-state index is -0.480. The topological polar surface area (TPSA) is 104 Å². The number of primary amides is 1. The largest absolute Gasteiger partial charge is 0.369 e. The Balaban J connectivity index is 1.56. The molecule has 4 rings (SSSR count). The van der Waals surface area contributed by atoms with Crippen LogP contribution in [0.25, 0.3) is 0 Å². The third kappa shape index (κ3) is 4.50. The van der Waals surface area contributed by atoms with Crippen molar-refractivity contribution in [2.75, 3.05) is 24.5 Å². The number of carbonyl (C=O) groups is 4. The van der Waals surface area contributed by atoms with Crippen molar-refractivity contribution in [3.05, 3.63) is 29.3 Å². The quantitative estimate of drug-likeness (QED) is 0.610. The van der Waals surface area contributed by atoms with Crippen LogP contribution in [-0.2, 0) is 14.4 Å². The highest BCUT2D eigenvalue weighted by atomic mass is 79.9. The maximum atomic E-state index is 13.5. The summed E-state index contributed by atoms with van der Waals surface area (Å²) in [6.07, 6.45) is 3.15. The molecule has 0 aromatic heterocycles. The molecule has 0 spiro atoms. The van der Waals surface area contributed by atoms with Gasteiger partial charge in [0.1, 0.15) is 6.54 Å². The van der Waals surface area contributed by atoms with Gasteiger partial charge in [0.2, 0.25) is 17.7 Å². The number of rotatable bonds is 4. The van der Waals surface area contributed by atoms with Gasteiger partial charge in [0.25, 0.3) is 0 Å². The molecule has 2 N–H and O–H groups in total. The maximum absolute atomic E-state index is 13.5. The molecule has 3 fully saturated rings. The van der Waals surface area contributed by atoms with Crippen molar-refractivity contribution in [2.24, 2.45) is 17.6 Å². The Labute approximate surface area is 200 Å². The molecule has 5 amide bonds. The van der Waals surface area contributed by atoms with Crippen LogP contribution in [0.2, 0.25) is 5.02 Å². The molecule has 0 radical (unpaired) electrons. The zero-order valence-electron chi connectivity index (χ0n) is 17.6. The number of piperidine rings is 1. The molecule has 32 heavy (non-hydrogen) atoms. The number of likely N-dealkylation sites (tertiary alicyclic amines) is 1. The van der Waals surface area contributed by atoms with Crippen molar-refractivity contribution in [3.63, 3.8) is 0 Å². The molecule has 3 atom stereocenters. The van der Waals surface area contributed by atoms with Gasteiger partial charge in [-0.15, -0.1) is 0 Å². The lowest BCUT2D eigenvalue weighted by Gasteiger charge is -2.47. The second-order valence-corrected chi connectivity index (χ2v) is 10.4. The lowest BCUT2D eigenvalue weighted by atomic mass is 9.81. The highest BCUT2D eigenvalue weighted by molar-refractivity contribution is 9.09. The highest BCUT2D eigenvalue weighted by Crippen LogP contribution is 2.39. The summed E-state index contributed by atoms with van der Waals surface area (Å²) >= 11 is 9.61. The fourth-order valence-corrected chi connectivity index (χ4v) is 5.74. The number of fused-ring (bicyclic) bond motifs is 1. The van der Waals surface area contributed by atoms with Crippen LogP contribution in [0, 0.1) is 11.8 Å². The summed E-state index contributed by atoms with van der Waals surface area (Å²) < 4.78 is 0. The van der Waals surface area contributed by atoms with E-state index in [9.17, 15) is 19.2 Å². The van der Waals surface area contributed by atoms with E-state index < -0.39 is 6.03 Å². The van der Waals surface area contributed by atoms with E-state index in [4.69, 9.17) is 17.3 Å². The third-order valence-electron chi connectivity index (χ3n) is 6.77. The number of nitrogens with zero attached hydrogens (tertiary/aromatic N) is 3. The zero-order valence-corrected chi connectivity index (χ0v) is 19.9. The number of anilines is 1. The molecular weight excluding hydrogens is 500 g/mol. The molecule has 2 saturated heterocycles. The van der Waals surface area contributed by atoms with Crippen molar-refractivity contribution >= 4 is 57.0 Å². The maximum Gasteiger partial charge on any atom is 0.332 e. The highest BCUT2D eigenvalue weighted by Gasteiger charge is 2.49. The fourth-order valence-electron chi connectivity index (χ4n) is 4.94. The van der Waals surface area contributed by atoms with E-state index in [2.05, 4.69) is 15.9 Å². The third-order valence-corrected chi connectivity index (χ3v) is 7.85. The summed E-state index contributed by atoms with van der Waals surface area (Å²) in [6, 6.07) is 5.77. The van der Waals surface area contributed by atoms with Crippen LogP contribution < -0.4 is 10.6 Å². The van der Waals surface area contributed by atoms with Gasteiger partial charge in [0.15, 0.2) is 0 Å². The molecule has 172 valence electrons. The van der Waals surface area contributed by atoms with Gasteiger partial charge in [0, 0.05) is 34.9 Å². The molecule has 10 heteroatoms. The molecule has 8 nitrogen and oxygen atoms in total. The van der Waals surface area contributed by atoms with Gasteiger partial charge in [-0.2, -0.15) is 0 Å². The van der Waals surface area contributed by atoms with Gasteiger partial charge in [0.05, 0.1) is 11.6 Å². The van der Waals surface area contributed by atoms with Crippen LogP contribution in [0.4, 0.5) is 10.5 Å². The van der Waals surface area contributed by atoms with Crippen LogP contribution in [0.1, 0.15) is 32.1 Å². The van der Waals surface area contributed by atoms with E-state index in [0.29, 0.717) is 49.5 Å². The first-order valence-corrected chi connectivity index (χ1v) is 12.2. The molecule has 1 aliphatic carbocycles. The molecule has 1 aromatic carbocycles. The molecule has 3 unspecified atom stereocenters. The minimum Gasteiger partial charge on any atom is -0.369 e. The number of urea groups is 1. The number of amides is 5. The summed E-state index contributed by atoms with van der Waals surface area (Å²) in [5, 5.41) is 0.508. The Morgan fingerprint density at radius 2 is 1.72 bits per heavy atom. The Bertz CT molecular complexity index is 919. The zero-order chi connectivity index (χ0) is 23.0. The van der Waals surface area contributed by atoms with Crippen LogP contribution in [0.5, 0.6) is 0 Å². The molecule has 3 aliphatic rings. The molecular formula is C22H26BrClN4O4. The van der Waals surface area contributed by atoms with Crippen molar-refractivity contribution in [1.29, 1.82) is 0 Å². The van der Waals surface area contributed by atoms with Crippen LogP contribution in [0.3, 0.4) is 0 Å². The van der Waals surface area contributed by atoms with E-state index in [1.807, 2.05) is 0 Å². The van der Waals surface area contributed by atoms with Crippen LogP contribution in [-0.4, -0.2) is 64.1 Å². The van der Waals surface area contributed by atoms with Gasteiger partial charge >= 0.3 is 6.03 Å². The number of benzene rings is 1. The lowest BCUT2D eigenvalue weighted by molar-refractivity contribution is -0.137. The molecule has 2 aliphatic heterocycles. The number of alkyl halides is 1. The van der Waals surface area contributed by atoms with Gasteiger partial charge in [-0.3, -0.25) is 14.4 Å². The van der Waals surface area contributed by atoms with Crippen molar-refractivity contribution in [3.8, 4) is 0 Å². The average Bonchev–Trinajstić information content (AvgIpc) is 2.78. The number of carbonyl (C=O) groups excluding carboxylic acids is 4. The monoisotopic (exact) mass is 524 g/mol. The lowest BCUT2D eigenvalue weighted by Crippen LogP contribution is -2.65. The smallest absolute Gasteiger partial charge is 0.332 e. The number of nitrogens with two attached hydrogens (primary N) is 1. The number of imide groups is 1. The average molecular weight is 526 g/mol. The first-order valence-electron chi connectivity index (χ1n) is 10.9. The first-order chi connectivity index (χ1) is 15.3. The second-order valence-electron chi connectivity index (χ2n) is 8.70. The first kappa shape index (κ1) is 23.0. The Morgan fingerprint density at radius 3 is 2.34 bits per heavy atom. The minimum absolute atomic E-state index is 0.0917. The molecule has 2 heterocycles. The van der Waals surface area contributed by atoms with Crippen molar-refractivity contribution in [2.45, 2.75) is 43.0 Å². The van der Waals surface area contributed by atoms with Crippen molar-refractivity contribution in [1.82, 2.24) is 9.80 Å². The fraction of sp³-hybridized carbons (Fsp3) is 0.545. The Hall–Kier alpha value is -2.13. The number of halogens is 2. The van der Waals surface area contributed by atoms with E-state index in [1.54, 1.807) is 34.1 Å². The summed E-state index contributed by atoms with van der Waals surface area (Å²) in [7, 11) is 0. The van der Waals surface area contributed by atoms with Crippen molar-refractivity contribution < 1.29 is 19.2 Å². The van der Waals surface area contributed by atoms with Gasteiger partial charge in [-0.05, 0) is 56.4 Å². The SMILES string of the molecule is NC(=O)C1CCN(C(=O)CN2C(=O)N(c3ccc(Cl)cc3)C(=O)C3CC(Br)CCC32)CC1. The van der Waals surface area contributed by atoms with E-state index in [0.717, 1.165) is 6.42 Å². The van der Waals surface area contributed by atoms with Gasteiger partial charge < -0.3 is 15.5 Å². The summed E-state index contributed by atoms with van der Waals surface area (Å²) in [4.78, 5) is 55.9. The standard InChI is InChI=1S/C22H26BrClN4O4/c23-14-1-6-18-17(11-14)21(31)28(16-4-2-15(24)3-5-16)22(32)27(18)12-19(29)26-9-7-13(8-10-26)20(25)30/h2-5,13-14,17-18H,1,6-12H2,(H2,25,30). The molecule has 1 saturated carbocycles. The van der Waals surface area contributed by atoms with E-state index >= 15 is 0 Å². The summed E-state index contributed by atoms with van der Waals surface area (Å²) in [5.41, 5.74) is 5.83. The molecule has 0 bridgehead atoms. The summed E-state index contributed by atoms with van der Waals surface area (Å²) in [6.45, 7) is 0.781. The van der Waals surface area contributed by atoms with Gasteiger partial charge in [-0.1, -0.05) is 27.5 Å². The van der Waals surface area contributed by atoms with E-state index in [1.165, 1.54) is 4.90 Å². The predicted molar refractivity (Wildman–Crippen MR) is 123 cm³/mol.